The molecule has 0 aromatic carbocycles. The molecule has 1 N–H and O–H groups in total. The molecule has 24 heavy (non-hydrogen) atoms. The molecule has 1 aliphatic heterocycles. The first kappa shape index (κ1) is 14.2. The van der Waals surface area contributed by atoms with Crippen molar-refractivity contribution in [2.24, 2.45) is 0 Å². The van der Waals surface area contributed by atoms with Crippen LogP contribution in [0.2, 0.25) is 0 Å². The van der Waals surface area contributed by atoms with Gasteiger partial charge in [0.15, 0.2) is 11.3 Å². The second-order valence-electron chi connectivity index (χ2n) is 5.41. The molecule has 0 aliphatic carbocycles. The molecule has 4 rings (SSSR count). The van der Waals surface area contributed by atoms with E-state index in [2.05, 4.69) is 15.5 Å². The summed E-state index contributed by atoms with van der Waals surface area (Å²) in [5.74, 6) is 0.692. The Morgan fingerprint density at radius 3 is 2.71 bits per heavy atom. The van der Waals surface area contributed by atoms with Crippen LogP contribution in [0, 0.1) is 0 Å². The lowest BCUT2D eigenvalue weighted by molar-refractivity contribution is -0.132. The Labute approximate surface area is 135 Å². The van der Waals surface area contributed by atoms with Gasteiger partial charge >= 0.3 is 6.03 Å². The van der Waals surface area contributed by atoms with Gasteiger partial charge in [0, 0.05) is 0 Å². The molecule has 0 saturated carbocycles. The second-order valence-corrected chi connectivity index (χ2v) is 5.41. The fourth-order valence-corrected chi connectivity index (χ4v) is 2.53. The van der Waals surface area contributed by atoms with Crippen LogP contribution in [-0.2, 0) is 16.9 Å². The van der Waals surface area contributed by atoms with Crippen molar-refractivity contribution in [3.05, 3.63) is 48.4 Å². The third-order valence-corrected chi connectivity index (χ3v) is 3.79. The fraction of sp³-hybridized carbons (Fsp3) is 0.200. The summed E-state index contributed by atoms with van der Waals surface area (Å²) < 4.78 is 15.5. The number of carbonyl (C=O) groups excluding carboxylic acids is 2. The van der Waals surface area contributed by atoms with Crippen molar-refractivity contribution in [3.8, 4) is 11.6 Å². The predicted molar refractivity (Wildman–Crippen MR) is 77.1 cm³/mol. The highest BCUT2D eigenvalue weighted by atomic mass is 16.5. The van der Waals surface area contributed by atoms with Gasteiger partial charge in [-0.3, -0.25) is 9.69 Å². The van der Waals surface area contributed by atoms with Crippen LogP contribution in [0.4, 0.5) is 4.79 Å². The van der Waals surface area contributed by atoms with E-state index in [1.54, 1.807) is 31.2 Å². The lowest BCUT2D eigenvalue weighted by Gasteiger charge is -2.18. The molecule has 1 atom stereocenters. The van der Waals surface area contributed by atoms with Gasteiger partial charge in [0.2, 0.25) is 11.7 Å². The van der Waals surface area contributed by atoms with Crippen LogP contribution in [0.25, 0.3) is 11.6 Å². The van der Waals surface area contributed by atoms with Gasteiger partial charge in [0.25, 0.3) is 5.91 Å². The summed E-state index contributed by atoms with van der Waals surface area (Å²) in [5.41, 5.74) is -1.26. The van der Waals surface area contributed by atoms with E-state index in [1.165, 1.54) is 12.5 Å². The number of rotatable bonds is 4. The average Bonchev–Trinajstić information content (AvgIpc) is 3.34. The van der Waals surface area contributed by atoms with Crippen LogP contribution < -0.4 is 5.32 Å². The van der Waals surface area contributed by atoms with Gasteiger partial charge in [-0.15, -0.1) is 0 Å². The summed E-state index contributed by atoms with van der Waals surface area (Å²) in [6.45, 7) is 1.43. The minimum Gasteiger partial charge on any atom is -0.466 e. The lowest BCUT2D eigenvalue weighted by Crippen LogP contribution is -2.40. The van der Waals surface area contributed by atoms with Crippen LogP contribution in [0.3, 0.4) is 0 Å². The topological polar surface area (TPSA) is 115 Å². The maximum atomic E-state index is 12.7. The first-order valence-corrected chi connectivity index (χ1v) is 7.12. The van der Waals surface area contributed by atoms with Gasteiger partial charge in [-0.1, -0.05) is 5.16 Å². The Hall–Kier alpha value is -3.36. The molecule has 1 fully saturated rings. The normalized spacial score (nSPS) is 20.6. The number of furan rings is 2. The van der Waals surface area contributed by atoms with Crippen molar-refractivity contribution >= 4 is 11.9 Å². The molecule has 1 aliphatic rings. The van der Waals surface area contributed by atoms with Crippen LogP contribution in [0.5, 0.6) is 0 Å². The van der Waals surface area contributed by atoms with E-state index in [1.807, 2.05) is 0 Å². The number of hydrogen-bond donors (Lipinski definition) is 1. The number of aromatic nitrogens is 2. The highest BCUT2D eigenvalue weighted by Crippen LogP contribution is 2.30. The number of amides is 3. The third kappa shape index (κ3) is 2.09. The molecule has 0 bridgehead atoms. The van der Waals surface area contributed by atoms with Gasteiger partial charge in [0.1, 0.15) is 12.3 Å². The van der Waals surface area contributed by atoms with Gasteiger partial charge in [-0.25, -0.2) is 4.79 Å². The molecule has 9 nitrogen and oxygen atoms in total. The van der Waals surface area contributed by atoms with Crippen molar-refractivity contribution in [2.45, 2.75) is 19.0 Å². The Morgan fingerprint density at radius 1 is 1.21 bits per heavy atom. The number of nitrogens with one attached hydrogen (secondary N) is 1. The molecular weight excluding hydrogens is 316 g/mol. The summed E-state index contributed by atoms with van der Waals surface area (Å²) in [4.78, 5) is 30.0. The van der Waals surface area contributed by atoms with E-state index in [-0.39, 0.29) is 18.3 Å². The van der Waals surface area contributed by atoms with Gasteiger partial charge in [-0.05, 0) is 31.2 Å². The van der Waals surface area contributed by atoms with E-state index >= 15 is 0 Å². The molecule has 9 heteroatoms. The maximum Gasteiger partial charge on any atom is 0.325 e. The molecule has 4 heterocycles. The van der Waals surface area contributed by atoms with Crippen molar-refractivity contribution < 1.29 is 22.9 Å². The molecule has 3 amide bonds. The summed E-state index contributed by atoms with van der Waals surface area (Å²) in [6.07, 6.45) is 2.92. The Bertz CT molecular complexity index is 883. The molecule has 1 saturated heterocycles. The predicted octanol–water partition coefficient (Wildman–Crippen LogP) is 1.89. The number of imide groups is 1. The minimum absolute atomic E-state index is 0.119. The van der Waals surface area contributed by atoms with Gasteiger partial charge in [-0.2, -0.15) is 4.98 Å². The van der Waals surface area contributed by atoms with Gasteiger partial charge < -0.3 is 18.7 Å². The molecule has 122 valence electrons. The van der Waals surface area contributed by atoms with Crippen molar-refractivity contribution in [3.63, 3.8) is 0 Å². The maximum absolute atomic E-state index is 12.7. The van der Waals surface area contributed by atoms with Crippen LogP contribution in [0.1, 0.15) is 18.6 Å². The Kier molecular flexibility index (Phi) is 3.02. The smallest absolute Gasteiger partial charge is 0.325 e. The molecule has 1 unspecified atom stereocenters. The SMILES string of the molecule is CC1(c2ccco2)NC(=O)N(Cc2nc(-c3ccco3)no2)C1=O. The van der Waals surface area contributed by atoms with Crippen LogP contribution in [0.15, 0.2) is 50.1 Å². The van der Waals surface area contributed by atoms with Crippen molar-refractivity contribution in [1.29, 1.82) is 0 Å². The zero-order valence-electron chi connectivity index (χ0n) is 12.6. The first-order valence-electron chi connectivity index (χ1n) is 7.12. The first-order chi connectivity index (χ1) is 11.6. The Balaban J connectivity index is 1.57. The van der Waals surface area contributed by atoms with Crippen molar-refractivity contribution in [1.82, 2.24) is 20.4 Å². The third-order valence-electron chi connectivity index (χ3n) is 3.79. The molecular formula is C15H12N4O5. The zero-order valence-corrected chi connectivity index (χ0v) is 12.6. The molecule has 3 aromatic heterocycles. The van der Waals surface area contributed by atoms with Crippen LogP contribution in [-0.4, -0.2) is 27.0 Å². The van der Waals surface area contributed by atoms with E-state index in [0.717, 1.165) is 4.90 Å². The summed E-state index contributed by atoms with van der Waals surface area (Å²) in [5, 5.41) is 6.39. The number of hydrogen-bond acceptors (Lipinski definition) is 7. The summed E-state index contributed by atoms with van der Waals surface area (Å²) in [6, 6.07) is 6.09. The highest BCUT2D eigenvalue weighted by molar-refractivity contribution is 6.06. The van der Waals surface area contributed by atoms with E-state index in [9.17, 15) is 9.59 Å². The fourth-order valence-electron chi connectivity index (χ4n) is 2.53. The van der Waals surface area contributed by atoms with E-state index in [0.29, 0.717) is 11.5 Å². The number of carbonyl (C=O) groups is 2. The molecule has 0 spiro atoms. The standard InChI is InChI=1S/C15H12N4O5/c1-15(10-5-3-7-23-10)13(20)19(14(21)17-15)8-11-16-12(18-24-11)9-4-2-6-22-9/h2-7H,8H2,1H3,(H,17,21). The highest BCUT2D eigenvalue weighted by Gasteiger charge is 2.51. The van der Waals surface area contributed by atoms with E-state index in [4.69, 9.17) is 13.4 Å². The number of nitrogens with zero attached hydrogens (tertiary/aromatic N) is 3. The largest absolute Gasteiger partial charge is 0.466 e. The van der Waals surface area contributed by atoms with Gasteiger partial charge in [0.05, 0.1) is 12.5 Å². The monoisotopic (exact) mass is 328 g/mol. The minimum atomic E-state index is -1.26. The summed E-state index contributed by atoms with van der Waals surface area (Å²) in [7, 11) is 0. The quantitative estimate of drug-likeness (QED) is 0.727. The Morgan fingerprint density at radius 2 is 2.00 bits per heavy atom. The lowest BCUT2D eigenvalue weighted by atomic mass is 9.99. The number of urea groups is 1. The van der Waals surface area contributed by atoms with E-state index < -0.39 is 17.5 Å². The second kappa shape index (κ2) is 5.08. The molecule has 0 radical (unpaired) electrons. The zero-order chi connectivity index (χ0) is 16.7. The average molecular weight is 328 g/mol. The van der Waals surface area contributed by atoms with Crippen LogP contribution >= 0.6 is 0 Å². The van der Waals surface area contributed by atoms with Crippen molar-refractivity contribution in [2.75, 3.05) is 0 Å². The summed E-state index contributed by atoms with van der Waals surface area (Å²) >= 11 is 0. The molecule has 3 aromatic rings.